The summed E-state index contributed by atoms with van der Waals surface area (Å²) in [7, 11) is 0. The molecule has 0 spiro atoms. The van der Waals surface area contributed by atoms with E-state index in [1.807, 2.05) is 24.3 Å². The molecule has 0 heterocycles. The molecule has 0 N–H and O–H groups in total. The minimum absolute atomic E-state index is 0.263. The molecule has 2 aromatic carbocycles. The normalized spacial score (nSPS) is 25.5. The second-order valence-corrected chi connectivity index (χ2v) is 10.6. The van der Waals surface area contributed by atoms with Crippen LogP contribution in [0.25, 0.3) is 0 Å². The average Bonchev–Trinajstić information content (AvgIpc) is 2.86. The number of hydrogen-bond donors (Lipinski definition) is 0. The fraction of sp³-hybridized carbons (Fsp3) is 0.581. The molecule has 33 heavy (non-hydrogen) atoms. The van der Waals surface area contributed by atoms with E-state index in [0.717, 1.165) is 11.8 Å². The fourth-order valence-corrected chi connectivity index (χ4v) is 6.25. The van der Waals surface area contributed by atoms with Gasteiger partial charge in [-0.05, 0) is 110 Å². The van der Waals surface area contributed by atoms with Gasteiger partial charge < -0.3 is 4.74 Å². The molecule has 2 saturated carbocycles. The van der Waals surface area contributed by atoms with Gasteiger partial charge in [0.1, 0.15) is 5.75 Å². The van der Waals surface area contributed by atoms with E-state index in [1.165, 1.54) is 88.2 Å². The highest BCUT2D eigenvalue weighted by Gasteiger charge is 2.23. The van der Waals surface area contributed by atoms with E-state index in [9.17, 15) is 4.79 Å². The van der Waals surface area contributed by atoms with E-state index in [2.05, 4.69) is 38.1 Å². The minimum atomic E-state index is -0.263. The number of rotatable bonds is 8. The van der Waals surface area contributed by atoms with Gasteiger partial charge in [0.15, 0.2) is 0 Å². The zero-order valence-corrected chi connectivity index (χ0v) is 20.7. The van der Waals surface area contributed by atoms with E-state index >= 15 is 0 Å². The van der Waals surface area contributed by atoms with Crippen LogP contribution in [0, 0.1) is 11.8 Å². The smallest absolute Gasteiger partial charge is 0.343 e. The Hall–Kier alpha value is -2.09. The van der Waals surface area contributed by atoms with E-state index in [1.54, 1.807) is 0 Å². The molecule has 4 rings (SSSR count). The molecule has 178 valence electrons. The van der Waals surface area contributed by atoms with Crippen LogP contribution in [0.3, 0.4) is 0 Å². The van der Waals surface area contributed by atoms with Gasteiger partial charge >= 0.3 is 5.97 Å². The van der Waals surface area contributed by atoms with Crippen LogP contribution in [0.2, 0.25) is 0 Å². The second-order valence-electron chi connectivity index (χ2n) is 10.6. The highest BCUT2D eigenvalue weighted by Crippen LogP contribution is 2.39. The zero-order valence-electron chi connectivity index (χ0n) is 20.7. The number of hydrogen-bond acceptors (Lipinski definition) is 2. The zero-order chi connectivity index (χ0) is 23.0. The molecule has 2 aliphatic carbocycles. The van der Waals surface area contributed by atoms with Gasteiger partial charge in [-0.25, -0.2) is 4.79 Å². The number of carbonyl (C=O) groups is 1. The lowest BCUT2D eigenvalue weighted by Gasteiger charge is -2.28. The molecule has 0 unspecified atom stereocenters. The van der Waals surface area contributed by atoms with Crippen LogP contribution in [-0.4, -0.2) is 5.97 Å². The first-order valence-electron chi connectivity index (χ1n) is 13.6. The van der Waals surface area contributed by atoms with Crippen LogP contribution in [0.5, 0.6) is 5.75 Å². The highest BCUT2D eigenvalue weighted by atomic mass is 16.5. The maximum Gasteiger partial charge on any atom is 0.343 e. The lowest BCUT2D eigenvalue weighted by molar-refractivity contribution is 0.0734. The predicted molar refractivity (Wildman–Crippen MR) is 137 cm³/mol. The van der Waals surface area contributed by atoms with Crippen molar-refractivity contribution in [3.63, 3.8) is 0 Å². The van der Waals surface area contributed by atoms with Gasteiger partial charge in [-0.2, -0.15) is 0 Å². The van der Waals surface area contributed by atoms with Gasteiger partial charge in [-0.1, -0.05) is 63.8 Å². The van der Waals surface area contributed by atoms with Crippen molar-refractivity contribution in [1.29, 1.82) is 0 Å². The summed E-state index contributed by atoms with van der Waals surface area (Å²) in [5, 5.41) is 0. The van der Waals surface area contributed by atoms with Crippen molar-refractivity contribution in [3.8, 4) is 5.75 Å². The summed E-state index contributed by atoms with van der Waals surface area (Å²) in [6.45, 7) is 4.58. The lowest BCUT2D eigenvalue weighted by atomic mass is 9.77. The van der Waals surface area contributed by atoms with Crippen molar-refractivity contribution >= 4 is 5.97 Å². The first-order valence-corrected chi connectivity index (χ1v) is 13.6. The molecule has 0 amide bonds. The molecule has 2 nitrogen and oxygen atoms in total. The summed E-state index contributed by atoms with van der Waals surface area (Å²) in [4.78, 5) is 12.7. The minimum Gasteiger partial charge on any atom is -0.423 e. The highest BCUT2D eigenvalue weighted by molar-refractivity contribution is 5.91. The molecule has 0 aliphatic heterocycles. The number of benzene rings is 2. The fourth-order valence-electron chi connectivity index (χ4n) is 6.25. The Morgan fingerprint density at radius 2 is 1.09 bits per heavy atom. The molecule has 0 saturated heterocycles. The third-order valence-electron chi connectivity index (χ3n) is 8.27. The van der Waals surface area contributed by atoms with Crippen molar-refractivity contribution in [2.24, 2.45) is 11.8 Å². The summed E-state index contributed by atoms with van der Waals surface area (Å²) in [6.07, 6.45) is 15.9. The Balaban J connectivity index is 1.28. The molecule has 2 aromatic rings. The first kappa shape index (κ1) is 24.0. The SMILES string of the molecule is CCC[C@H]1CC[C@H](c2ccc(OC(=O)c3ccc([C@H]4CC[C@H](CCC)CC4)cc3)cc2)CC1. The summed E-state index contributed by atoms with van der Waals surface area (Å²) < 4.78 is 5.68. The van der Waals surface area contributed by atoms with Gasteiger partial charge in [0, 0.05) is 0 Å². The van der Waals surface area contributed by atoms with E-state index in [4.69, 9.17) is 4.74 Å². The van der Waals surface area contributed by atoms with E-state index in [-0.39, 0.29) is 5.97 Å². The Labute approximate surface area is 201 Å². The van der Waals surface area contributed by atoms with Crippen LogP contribution in [-0.2, 0) is 0 Å². The largest absolute Gasteiger partial charge is 0.423 e. The summed E-state index contributed by atoms with van der Waals surface area (Å²) >= 11 is 0. The third kappa shape index (κ3) is 6.49. The van der Waals surface area contributed by atoms with Crippen molar-refractivity contribution in [2.45, 2.75) is 103 Å². The number of carbonyl (C=O) groups excluding carboxylic acids is 1. The van der Waals surface area contributed by atoms with Crippen molar-refractivity contribution in [3.05, 3.63) is 65.2 Å². The lowest BCUT2D eigenvalue weighted by Crippen LogP contribution is -2.14. The second kappa shape index (κ2) is 11.9. The molecular weight excluding hydrogens is 404 g/mol. The molecule has 2 fully saturated rings. The van der Waals surface area contributed by atoms with Crippen LogP contribution in [0.1, 0.15) is 124 Å². The molecule has 2 heteroatoms. The third-order valence-corrected chi connectivity index (χ3v) is 8.27. The standard InChI is InChI=1S/C31H42O2/c1-3-5-23-7-11-25(12-8-23)27-15-17-29(18-16-27)31(32)33-30-21-19-28(20-22-30)26-13-9-24(6-4-2)10-14-26/h15-26H,3-14H2,1-2H3/t23-,24-,25-,26-. The van der Waals surface area contributed by atoms with Gasteiger partial charge in [0.2, 0.25) is 0 Å². The predicted octanol–water partition coefficient (Wildman–Crippen LogP) is 9.05. The summed E-state index contributed by atoms with van der Waals surface area (Å²) in [5.74, 6) is 3.53. The van der Waals surface area contributed by atoms with Gasteiger partial charge in [-0.3, -0.25) is 0 Å². The van der Waals surface area contributed by atoms with E-state index in [0.29, 0.717) is 23.1 Å². The van der Waals surface area contributed by atoms with Crippen molar-refractivity contribution in [1.82, 2.24) is 0 Å². The molecular formula is C31H42O2. The van der Waals surface area contributed by atoms with Crippen LogP contribution >= 0.6 is 0 Å². The van der Waals surface area contributed by atoms with Crippen molar-refractivity contribution in [2.75, 3.05) is 0 Å². The Bertz CT molecular complexity index is 851. The summed E-state index contributed by atoms with van der Waals surface area (Å²) in [5.41, 5.74) is 3.40. The average molecular weight is 447 g/mol. The van der Waals surface area contributed by atoms with Gasteiger partial charge in [0.05, 0.1) is 5.56 Å². The molecule has 0 bridgehead atoms. The summed E-state index contributed by atoms with van der Waals surface area (Å²) in [6, 6.07) is 16.4. The van der Waals surface area contributed by atoms with Crippen molar-refractivity contribution < 1.29 is 9.53 Å². The van der Waals surface area contributed by atoms with Gasteiger partial charge in [0.25, 0.3) is 0 Å². The maximum atomic E-state index is 12.7. The first-order chi connectivity index (χ1) is 16.2. The van der Waals surface area contributed by atoms with E-state index < -0.39 is 0 Å². The quantitative estimate of drug-likeness (QED) is 0.298. The molecule has 0 radical (unpaired) electrons. The maximum absolute atomic E-state index is 12.7. The Kier molecular flexibility index (Phi) is 8.64. The van der Waals surface area contributed by atoms with Gasteiger partial charge in [-0.15, -0.1) is 0 Å². The van der Waals surface area contributed by atoms with Crippen LogP contribution in [0.15, 0.2) is 48.5 Å². The Morgan fingerprint density at radius 1 is 0.667 bits per heavy atom. The number of ether oxygens (including phenoxy) is 1. The van der Waals surface area contributed by atoms with Crippen LogP contribution < -0.4 is 4.74 Å². The van der Waals surface area contributed by atoms with Crippen LogP contribution in [0.4, 0.5) is 0 Å². The molecule has 2 aliphatic rings. The molecule has 0 atom stereocenters. The topological polar surface area (TPSA) is 26.3 Å². The molecule has 0 aromatic heterocycles. The Morgan fingerprint density at radius 3 is 1.52 bits per heavy atom. The monoisotopic (exact) mass is 446 g/mol. The number of esters is 1.